The first kappa shape index (κ1) is 14.3. The first-order valence-corrected chi connectivity index (χ1v) is 7.36. The summed E-state index contributed by atoms with van der Waals surface area (Å²) in [6, 6.07) is 5.87. The average Bonchev–Trinajstić information content (AvgIpc) is 2.82. The topological polar surface area (TPSA) is 34.1 Å². The number of halogens is 1. The average molecular weight is 297 g/mol. The van der Waals surface area contributed by atoms with Crippen LogP contribution in [0.2, 0.25) is 5.02 Å². The minimum absolute atomic E-state index is 0.187. The van der Waals surface area contributed by atoms with Crippen LogP contribution in [0.1, 0.15) is 29.2 Å². The Morgan fingerprint density at radius 3 is 2.89 bits per heavy atom. The van der Waals surface area contributed by atoms with Gasteiger partial charge in [0.1, 0.15) is 17.4 Å². The summed E-state index contributed by atoms with van der Waals surface area (Å²) in [4.78, 5) is 4.39. The maximum atomic E-state index is 6.04. The minimum Gasteiger partial charge on any atom is -0.486 e. The van der Waals surface area contributed by atoms with Gasteiger partial charge in [0.25, 0.3) is 0 Å². The highest BCUT2D eigenvalue weighted by Crippen LogP contribution is 2.29. The molecule has 2 aromatic rings. The number of rotatable bonds is 5. The third-order valence-electron chi connectivity index (χ3n) is 2.89. The fraction of sp³-hybridized carbons (Fsp3) is 0.357. The third-order valence-corrected chi connectivity index (χ3v) is 4.06. The molecule has 0 bridgehead atoms. The van der Waals surface area contributed by atoms with Crippen molar-refractivity contribution in [2.24, 2.45) is 0 Å². The molecule has 1 aromatic heterocycles. The quantitative estimate of drug-likeness (QED) is 0.907. The van der Waals surface area contributed by atoms with Crippen molar-refractivity contribution in [2.75, 3.05) is 7.05 Å². The van der Waals surface area contributed by atoms with Gasteiger partial charge in [0.05, 0.1) is 0 Å². The van der Waals surface area contributed by atoms with E-state index >= 15 is 0 Å². The summed E-state index contributed by atoms with van der Waals surface area (Å²) in [6.07, 6.45) is 0. The molecule has 0 aliphatic carbocycles. The third kappa shape index (κ3) is 3.69. The Kier molecular flexibility index (Phi) is 4.80. The number of aryl methyl sites for hydroxylation is 1. The second kappa shape index (κ2) is 6.37. The van der Waals surface area contributed by atoms with Gasteiger partial charge in [0.15, 0.2) is 0 Å². The van der Waals surface area contributed by atoms with E-state index in [4.69, 9.17) is 16.3 Å². The molecule has 5 heteroatoms. The maximum absolute atomic E-state index is 6.04. The standard InChI is InChI=1S/C14H17ClN2OS/c1-9-8-19-14(17-9)7-18-13-5-4-11(15)6-12(13)10(2)16-3/h4-6,8,10,16H,7H2,1-3H3. The number of ether oxygens (including phenoxy) is 1. The van der Waals surface area contributed by atoms with Crippen LogP contribution in [0.3, 0.4) is 0 Å². The van der Waals surface area contributed by atoms with Crippen LogP contribution in [0.15, 0.2) is 23.6 Å². The van der Waals surface area contributed by atoms with Crippen molar-refractivity contribution < 1.29 is 4.74 Å². The fourth-order valence-corrected chi connectivity index (χ4v) is 2.62. The molecule has 1 heterocycles. The molecule has 0 aliphatic rings. The molecule has 0 saturated heterocycles. The zero-order chi connectivity index (χ0) is 13.8. The van der Waals surface area contributed by atoms with Gasteiger partial charge >= 0.3 is 0 Å². The van der Waals surface area contributed by atoms with E-state index in [1.165, 1.54) is 0 Å². The van der Waals surface area contributed by atoms with Crippen molar-refractivity contribution in [3.8, 4) is 5.75 Å². The number of aromatic nitrogens is 1. The van der Waals surface area contributed by atoms with Crippen LogP contribution in [-0.2, 0) is 6.61 Å². The Morgan fingerprint density at radius 2 is 2.26 bits per heavy atom. The van der Waals surface area contributed by atoms with E-state index in [2.05, 4.69) is 17.2 Å². The van der Waals surface area contributed by atoms with Crippen molar-refractivity contribution in [3.05, 3.63) is 44.9 Å². The summed E-state index contributed by atoms with van der Waals surface area (Å²) in [5.41, 5.74) is 2.09. The smallest absolute Gasteiger partial charge is 0.140 e. The van der Waals surface area contributed by atoms with Crippen molar-refractivity contribution in [1.82, 2.24) is 10.3 Å². The van der Waals surface area contributed by atoms with Crippen LogP contribution >= 0.6 is 22.9 Å². The molecule has 0 amide bonds. The van der Waals surface area contributed by atoms with Crippen molar-refractivity contribution >= 4 is 22.9 Å². The fourth-order valence-electron chi connectivity index (χ4n) is 1.75. The highest BCUT2D eigenvalue weighted by atomic mass is 35.5. The highest BCUT2D eigenvalue weighted by molar-refractivity contribution is 7.09. The summed E-state index contributed by atoms with van der Waals surface area (Å²) in [7, 11) is 1.92. The zero-order valence-corrected chi connectivity index (χ0v) is 12.8. The van der Waals surface area contributed by atoms with Crippen molar-refractivity contribution in [1.29, 1.82) is 0 Å². The Balaban J connectivity index is 2.15. The molecule has 19 heavy (non-hydrogen) atoms. The lowest BCUT2D eigenvalue weighted by molar-refractivity contribution is 0.299. The SMILES string of the molecule is CNC(C)c1cc(Cl)ccc1OCc1nc(C)cs1. The van der Waals surface area contributed by atoms with E-state index in [1.54, 1.807) is 11.3 Å². The second-order valence-corrected chi connectivity index (χ2v) is 5.74. The van der Waals surface area contributed by atoms with E-state index < -0.39 is 0 Å². The molecule has 1 unspecified atom stereocenters. The predicted molar refractivity (Wildman–Crippen MR) is 80.1 cm³/mol. The second-order valence-electron chi connectivity index (χ2n) is 4.36. The van der Waals surface area contributed by atoms with Gasteiger partial charge in [-0.25, -0.2) is 4.98 Å². The first-order chi connectivity index (χ1) is 9.10. The maximum Gasteiger partial charge on any atom is 0.140 e. The number of hydrogen-bond donors (Lipinski definition) is 1. The Hall–Kier alpha value is -1.10. The monoisotopic (exact) mass is 296 g/mol. The predicted octanol–water partition coefficient (Wildman–Crippen LogP) is 3.96. The van der Waals surface area contributed by atoms with Crippen LogP contribution in [0.5, 0.6) is 5.75 Å². The molecule has 0 spiro atoms. The highest BCUT2D eigenvalue weighted by Gasteiger charge is 2.11. The van der Waals surface area contributed by atoms with Crippen LogP contribution in [0.4, 0.5) is 0 Å². The lowest BCUT2D eigenvalue weighted by Gasteiger charge is -2.16. The van der Waals surface area contributed by atoms with Crippen molar-refractivity contribution in [2.45, 2.75) is 26.5 Å². The van der Waals surface area contributed by atoms with Crippen LogP contribution < -0.4 is 10.1 Å². The number of hydrogen-bond acceptors (Lipinski definition) is 4. The Bertz CT molecular complexity index is 556. The van der Waals surface area contributed by atoms with Gasteiger partial charge in [-0.05, 0) is 39.1 Å². The number of benzene rings is 1. The van der Waals surface area contributed by atoms with E-state index in [0.717, 1.165) is 27.0 Å². The first-order valence-electron chi connectivity index (χ1n) is 6.10. The summed E-state index contributed by atoms with van der Waals surface area (Å²) in [5, 5.41) is 6.92. The lowest BCUT2D eigenvalue weighted by atomic mass is 10.1. The Labute approximate surface area is 122 Å². The van der Waals surface area contributed by atoms with Gasteiger partial charge in [-0.1, -0.05) is 11.6 Å². The lowest BCUT2D eigenvalue weighted by Crippen LogP contribution is -2.13. The van der Waals surface area contributed by atoms with Gasteiger partial charge < -0.3 is 10.1 Å². The summed E-state index contributed by atoms with van der Waals surface area (Å²) in [5.74, 6) is 0.846. The molecular weight excluding hydrogens is 280 g/mol. The van der Waals surface area contributed by atoms with E-state index in [9.17, 15) is 0 Å². The minimum atomic E-state index is 0.187. The molecule has 102 valence electrons. The van der Waals surface area contributed by atoms with Gasteiger partial charge in [-0.3, -0.25) is 0 Å². The molecule has 2 rings (SSSR count). The molecule has 0 radical (unpaired) electrons. The number of nitrogens with zero attached hydrogens (tertiary/aromatic N) is 1. The normalized spacial score (nSPS) is 12.4. The Morgan fingerprint density at radius 1 is 1.47 bits per heavy atom. The molecule has 0 aliphatic heterocycles. The van der Waals surface area contributed by atoms with E-state index in [0.29, 0.717) is 6.61 Å². The van der Waals surface area contributed by atoms with Crippen molar-refractivity contribution in [3.63, 3.8) is 0 Å². The van der Waals surface area contributed by atoms with E-state index in [-0.39, 0.29) is 6.04 Å². The molecule has 1 N–H and O–H groups in total. The molecule has 1 aromatic carbocycles. The number of nitrogens with one attached hydrogen (secondary N) is 1. The van der Waals surface area contributed by atoms with E-state index in [1.807, 2.05) is 37.6 Å². The molecule has 0 fully saturated rings. The molecular formula is C14H17ClN2OS. The number of thiazole rings is 1. The van der Waals surface area contributed by atoms with Crippen LogP contribution in [-0.4, -0.2) is 12.0 Å². The molecule has 3 nitrogen and oxygen atoms in total. The summed E-state index contributed by atoms with van der Waals surface area (Å²) >= 11 is 7.66. The van der Waals surface area contributed by atoms with Gasteiger partial charge in [0, 0.05) is 27.7 Å². The summed E-state index contributed by atoms with van der Waals surface area (Å²) in [6.45, 7) is 4.55. The molecule has 0 saturated carbocycles. The zero-order valence-electron chi connectivity index (χ0n) is 11.2. The van der Waals surface area contributed by atoms with Crippen LogP contribution in [0.25, 0.3) is 0 Å². The van der Waals surface area contributed by atoms with Gasteiger partial charge in [-0.15, -0.1) is 11.3 Å². The van der Waals surface area contributed by atoms with Crippen LogP contribution in [0, 0.1) is 6.92 Å². The molecule has 1 atom stereocenters. The van der Waals surface area contributed by atoms with Gasteiger partial charge in [-0.2, -0.15) is 0 Å². The largest absolute Gasteiger partial charge is 0.486 e. The van der Waals surface area contributed by atoms with Gasteiger partial charge in [0.2, 0.25) is 0 Å². The summed E-state index contributed by atoms with van der Waals surface area (Å²) < 4.78 is 5.86.